The maximum Gasteiger partial charge on any atom is 0.225 e. The second-order valence-corrected chi connectivity index (χ2v) is 4.02. The van der Waals surface area contributed by atoms with Crippen molar-refractivity contribution in [3.05, 3.63) is 23.2 Å². The molecule has 4 nitrogen and oxygen atoms in total. The summed E-state index contributed by atoms with van der Waals surface area (Å²) in [6, 6.07) is 5.15. The number of hydrogen-bond donors (Lipinski definition) is 2. The van der Waals surface area contributed by atoms with Gasteiger partial charge in [0.25, 0.3) is 0 Å². The second kappa shape index (κ2) is 6.42. The third-order valence-corrected chi connectivity index (χ3v) is 2.48. The molecule has 1 aromatic carbocycles. The van der Waals surface area contributed by atoms with E-state index in [-0.39, 0.29) is 11.0 Å². The number of halogens is 1. The van der Waals surface area contributed by atoms with Crippen molar-refractivity contribution >= 4 is 40.5 Å². The van der Waals surface area contributed by atoms with Crippen LogP contribution in [0.4, 0.5) is 5.69 Å². The van der Waals surface area contributed by atoms with Crippen molar-refractivity contribution in [1.82, 2.24) is 5.32 Å². The van der Waals surface area contributed by atoms with E-state index in [9.17, 15) is 4.79 Å². The Morgan fingerprint density at radius 2 is 2.24 bits per heavy atom. The molecule has 0 aromatic heterocycles. The normalized spacial score (nSPS) is 9.59. The van der Waals surface area contributed by atoms with Gasteiger partial charge in [-0.05, 0) is 30.4 Å². The first-order valence-electron chi connectivity index (χ1n) is 5.01. The number of anilines is 1. The molecule has 0 aliphatic heterocycles. The molecule has 6 heteroatoms. The molecule has 92 valence electrons. The van der Waals surface area contributed by atoms with Gasteiger partial charge in [-0.1, -0.05) is 18.5 Å². The fourth-order valence-electron chi connectivity index (χ4n) is 1.12. The molecule has 0 atom stereocenters. The van der Waals surface area contributed by atoms with E-state index in [1.54, 1.807) is 32.2 Å². The molecular weight excluding hydrogens is 260 g/mol. The molecule has 17 heavy (non-hydrogen) atoms. The predicted molar refractivity (Wildman–Crippen MR) is 72.7 cm³/mol. The fourth-order valence-corrected chi connectivity index (χ4v) is 1.61. The Kier molecular flexibility index (Phi) is 5.18. The minimum Gasteiger partial charge on any atom is -0.495 e. The molecule has 0 bridgehead atoms. The Labute approximate surface area is 110 Å². The van der Waals surface area contributed by atoms with Gasteiger partial charge >= 0.3 is 0 Å². The van der Waals surface area contributed by atoms with Crippen LogP contribution in [0.15, 0.2) is 18.2 Å². The van der Waals surface area contributed by atoms with Gasteiger partial charge < -0.3 is 15.4 Å². The molecule has 0 radical (unpaired) electrons. The molecule has 0 aliphatic carbocycles. The average Bonchev–Trinajstić information content (AvgIpc) is 2.29. The molecule has 2 N–H and O–H groups in total. The average molecular weight is 273 g/mol. The molecule has 1 amide bonds. The standard InChI is InChI=1S/C11H13ClN2O2S/c1-3-10(15)14-11(17)13-7-4-5-9(16-2)8(12)6-7/h4-6H,3H2,1-2H3,(H2,13,14,15,17). The van der Waals surface area contributed by atoms with Crippen molar-refractivity contribution in [3.63, 3.8) is 0 Å². The van der Waals surface area contributed by atoms with E-state index in [1.165, 1.54) is 0 Å². The number of carbonyl (C=O) groups excluding carboxylic acids is 1. The summed E-state index contributed by atoms with van der Waals surface area (Å²) in [7, 11) is 1.54. The maximum absolute atomic E-state index is 11.1. The Hall–Kier alpha value is -1.33. The summed E-state index contributed by atoms with van der Waals surface area (Å²) in [4.78, 5) is 11.1. The zero-order valence-electron chi connectivity index (χ0n) is 9.54. The van der Waals surface area contributed by atoms with Crippen LogP contribution in [-0.2, 0) is 4.79 Å². The van der Waals surface area contributed by atoms with E-state index in [4.69, 9.17) is 28.6 Å². The van der Waals surface area contributed by atoms with Gasteiger partial charge in [-0.15, -0.1) is 0 Å². The van der Waals surface area contributed by atoms with Crippen molar-refractivity contribution in [2.45, 2.75) is 13.3 Å². The van der Waals surface area contributed by atoms with Gasteiger partial charge in [0.2, 0.25) is 5.91 Å². The number of nitrogens with one attached hydrogen (secondary N) is 2. The first kappa shape index (κ1) is 13.7. The molecule has 0 heterocycles. The van der Waals surface area contributed by atoms with Crippen LogP contribution < -0.4 is 15.4 Å². The summed E-state index contributed by atoms with van der Waals surface area (Å²) in [5.74, 6) is 0.447. The Balaban J connectivity index is 2.66. The first-order valence-corrected chi connectivity index (χ1v) is 5.79. The quantitative estimate of drug-likeness (QED) is 0.831. The lowest BCUT2D eigenvalue weighted by Crippen LogP contribution is -2.33. The lowest BCUT2D eigenvalue weighted by atomic mass is 10.3. The van der Waals surface area contributed by atoms with Gasteiger partial charge in [0, 0.05) is 12.1 Å². The molecule has 1 aromatic rings. The van der Waals surface area contributed by atoms with Crippen LogP contribution in [0.1, 0.15) is 13.3 Å². The number of amides is 1. The number of hydrogen-bond acceptors (Lipinski definition) is 3. The van der Waals surface area contributed by atoms with Gasteiger partial charge in [0.05, 0.1) is 12.1 Å². The van der Waals surface area contributed by atoms with Gasteiger partial charge in [-0.3, -0.25) is 4.79 Å². The van der Waals surface area contributed by atoms with Crippen molar-refractivity contribution in [2.24, 2.45) is 0 Å². The van der Waals surface area contributed by atoms with Crippen LogP contribution in [0.2, 0.25) is 5.02 Å². The first-order chi connectivity index (χ1) is 8.06. The van der Waals surface area contributed by atoms with E-state index in [0.717, 1.165) is 0 Å². The van der Waals surface area contributed by atoms with E-state index in [1.807, 2.05) is 0 Å². The fraction of sp³-hybridized carbons (Fsp3) is 0.273. The van der Waals surface area contributed by atoms with Gasteiger partial charge in [-0.25, -0.2) is 0 Å². The Bertz CT molecular complexity index is 437. The summed E-state index contributed by atoms with van der Waals surface area (Å²) >= 11 is 10.9. The molecule has 0 unspecified atom stereocenters. The molecular formula is C11H13ClN2O2S. The third-order valence-electron chi connectivity index (χ3n) is 1.98. The van der Waals surface area contributed by atoms with Gasteiger partial charge in [-0.2, -0.15) is 0 Å². The number of methoxy groups -OCH3 is 1. The lowest BCUT2D eigenvalue weighted by Gasteiger charge is -2.10. The van der Waals surface area contributed by atoms with Crippen molar-refractivity contribution in [2.75, 3.05) is 12.4 Å². The summed E-state index contributed by atoms with van der Waals surface area (Å²) in [6.45, 7) is 1.75. The summed E-state index contributed by atoms with van der Waals surface area (Å²) in [5.41, 5.74) is 0.692. The summed E-state index contributed by atoms with van der Waals surface area (Å²) < 4.78 is 5.02. The molecule has 0 aliphatic rings. The highest BCUT2D eigenvalue weighted by Crippen LogP contribution is 2.27. The molecule has 0 spiro atoms. The van der Waals surface area contributed by atoms with Crippen LogP contribution in [0, 0.1) is 0 Å². The molecule has 0 fully saturated rings. The SMILES string of the molecule is CCC(=O)NC(=S)Nc1ccc(OC)c(Cl)c1. The van der Waals surface area contributed by atoms with E-state index < -0.39 is 0 Å². The highest BCUT2D eigenvalue weighted by atomic mass is 35.5. The molecule has 0 saturated heterocycles. The highest BCUT2D eigenvalue weighted by Gasteiger charge is 2.05. The van der Waals surface area contributed by atoms with Crippen LogP contribution in [0.3, 0.4) is 0 Å². The molecule has 1 rings (SSSR count). The maximum atomic E-state index is 11.1. The van der Waals surface area contributed by atoms with E-state index in [0.29, 0.717) is 22.9 Å². The highest BCUT2D eigenvalue weighted by molar-refractivity contribution is 7.80. The minimum absolute atomic E-state index is 0.137. The number of thiocarbonyl (C=S) groups is 1. The minimum atomic E-state index is -0.137. The largest absolute Gasteiger partial charge is 0.495 e. The van der Waals surface area contributed by atoms with Gasteiger partial charge in [0.1, 0.15) is 5.75 Å². The summed E-state index contributed by atoms with van der Waals surface area (Å²) in [5, 5.41) is 6.11. The van der Waals surface area contributed by atoms with Crippen LogP contribution in [0.5, 0.6) is 5.75 Å². The number of rotatable bonds is 3. The lowest BCUT2D eigenvalue weighted by molar-refractivity contribution is -0.119. The number of carbonyl (C=O) groups is 1. The van der Waals surface area contributed by atoms with Crippen LogP contribution in [-0.4, -0.2) is 18.1 Å². The number of benzene rings is 1. The Morgan fingerprint density at radius 3 is 2.76 bits per heavy atom. The van der Waals surface area contributed by atoms with Crippen molar-refractivity contribution < 1.29 is 9.53 Å². The number of ether oxygens (including phenoxy) is 1. The summed E-state index contributed by atoms with van der Waals surface area (Å²) in [6.07, 6.45) is 0.380. The monoisotopic (exact) mass is 272 g/mol. The van der Waals surface area contributed by atoms with Crippen molar-refractivity contribution in [3.8, 4) is 5.75 Å². The zero-order chi connectivity index (χ0) is 12.8. The van der Waals surface area contributed by atoms with E-state index >= 15 is 0 Å². The Morgan fingerprint density at radius 1 is 1.53 bits per heavy atom. The smallest absolute Gasteiger partial charge is 0.225 e. The van der Waals surface area contributed by atoms with Crippen LogP contribution >= 0.6 is 23.8 Å². The third kappa shape index (κ3) is 4.20. The van der Waals surface area contributed by atoms with E-state index in [2.05, 4.69) is 10.6 Å². The van der Waals surface area contributed by atoms with Crippen molar-refractivity contribution in [1.29, 1.82) is 0 Å². The molecule has 0 saturated carbocycles. The van der Waals surface area contributed by atoms with Crippen LogP contribution in [0.25, 0.3) is 0 Å². The second-order valence-electron chi connectivity index (χ2n) is 3.21. The predicted octanol–water partition coefficient (Wildman–Crippen LogP) is 2.57. The van der Waals surface area contributed by atoms with Gasteiger partial charge in [0.15, 0.2) is 5.11 Å². The topological polar surface area (TPSA) is 50.4 Å². The zero-order valence-corrected chi connectivity index (χ0v) is 11.1.